The second kappa shape index (κ2) is 8.72. The summed E-state index contributed by atoms with van der Waals surface area (Å²) in [4.78, 5) is 28.5. The van der Waals surface area contributed by atoms with Crippen molar-refractivity contribution in [2.24, 2.45) is 0 Å². The Hall–Kier alpha value is -3.42. The normalized spacial score (nSPS) is 13.9. The first-order valence-electron chi connectivity index (χ1n) is 9.22. The SMILES string of the molecule is COc1ccc(CC(=O)N2CCN(C(=O)c3cc(O)cc(O)c3)CC2)cc1OC. The van der Waals surface area contributed by atoms with Crippen LogP contribution in [-0.2, 0) is 11.2 Å². The monoisotopic (exact) mass is 400 g/mol. The Kier molecular flexibility index (Phi) is 6.11. The molecule has 1 aliphatic rings. The molecule has 8 heteroatoms. The van der Waals surface area contributed by atoms with E-state index in [1.54, 1.807) is 36.2 Å². The molecule has 0 unspecified atom stereocenters. The molecule has 1 fully saturated rings. The molecule has 1 aliphatic heterocycles. The van der Waals surface area contributed by atoms with Gasteiger partial charge in [0.2, 0.25) is 5.91 Å². The number of carbonyl (C=O) groups is 2. The van der Waals surface area contributed by atoms with Crippen LogP contribution < -0.4 is 9.47 Å². The van der Waals surface area contributed by atoms with Crippen molar-refractivity contribution in [2.75, 3.05) is 40.4 Å². The number of hydrogen-bond donors (Lipinski definition) is 2. The van der Waals surface area contributed by atoms with E-state index in [0.29, 0.717) is 37.7 Å². The molecular weight excluding hydrogens is 376 g/mol. The highest BCUT2D eigenvalue weighted by Gasteiger charge is 2.25. The summed E-state index contributed by atoms with van der Waals surface area (Å²) in [5.74, 6) is 0.521. The number of benzene rings is 2. The third-order valence-electron chi connectivity index (χ3n) is 4.87. The van der Waals surface area contributed by atoms with Crippen molar-refractivity contribution in [2.45, 2.75) is 6.42 Å². The Morgan fingerprint density at radius 2 is 1.45 bits per heavy atom. The van der Waals surface area contributed by atoms with Crippen LogP contribution >= 0.6 is 0 Å². The highest BCUT2D eigenvalue weighted by Crippen LogP contribution is 2.28. The van der Waals surface area contributed by atoms with E-state index in [4.69, 9.17) is 9.47 Å². The van der Waals surface area contributed by atoms with E-state index in [1.807, 2.05) is 6.07 Å². The van der Waals surface area contributed by atoms with Crippen molar-refractivity contribution in [3.8, 4) is 23.0 Å². The Morgan fingerprint density at radius 1 is 0.862 bits per heavy atom. The summed E-state index contributed by atoms with van der Waals surface area (Å²) in [6.07, 6.45) is 0.231. The first kappa shape index (κ1) is 20.3. The summed E-state index contributed by atoms with van der Waals surface area (Å²) in [6, 6.07) is 9.18. The van der Waals surface area contributed by atoms with Gasteiger partial charge in [0.15, 0.2) is 11.5 Å². The van der Waals surface area contributed by atoms with Gasteiger partial charge >= 0.3 is 0 Å². The second-order valence-corrected chi connectivity index (χ2v) is 6.78. The molecule has 3 rings (SSSR count). The topological polar surface area (TPSA) is 99.5 Å². The van der Waals surface area contributed by atoms with Crippen molar-refractivity contribution in [1.29, 1.82) is 0 Å². The maximum absolute atomic E-state index is 12.6. The summed E-state index contributed by atoms with van der Waals surface area (Å²) in [6.45, 7) is 1.60. The first-order valence-corrected chi connectivity index (χ1v) is 9.22. The fourth-order valence-corrected chi connectivity index (χ4v) is 3.34. The number of piperazine rings is 1. The van der Waals surface area contributed by atoms with Crippen LogP contribution in [0.15, 0.2) is 36.4 Å². The average molecular weight is 400 g/mol. The Balaban J connectivity index is 1.59. The molecule has 0 saturated carbocycles. The smallest absolute Gasteiger partial charge is 0.254 e. The molecule has 0 aliphatic carbocycles. The summed E-state index contributed by atoms with van der Waals surface area (Å²) in [5.41, 5.74) is 1.04. The average Bonchev–Trinajstić information content (AvgIpc) is 2.72. The molecule has 0 bridgehead atoms. The van der Waals surface area contributed by atoms with Crippen molar-refractivity contribution in [3.05, 3.63) is 47.5 Å². The van der Waals surface area contributed by atoms with E-state index in [-0.39, 0.29) is 35.3 Å². The third kappa shape index (κ3) is 4.71. The van der Waals surface area contributed by atoms with Crippen LogP contribution in [0.25, 0.3) is 0 Å². The summed E-state index contributed by atoms with van der Waals surface area (Å²) >= 11 is 0. The Bertz CT molecular complexity index is 886. The van der Waals surface area contributed by atoms with Crippen LogP contribution in [0.4, 0.5) is 0 Å². The lowest BCUT2D eigenvalue weighted by molar-refractivity contribution is -0.131. The minimum Gasteiger partial charge on any atom is -0.508 e. The quantitative estimate of drug-likeness (QED) is 0.792. The second-order valence-electron chi connectivity index (χ2n) is 6.78. The zero-order valence-electron chi connectivity index (χ0n) is 16.4. The van der Waals surface area contributed by atoms with Gasteiger partial charge in [0.05, 0.1) is 20.6 Å². The van der Waals surface area contributed by atoms with Gasteiger partial charge in [-0.2, -0.15) is 0 Å². The predicted octanol–water partition coefficient (Wildman–Crippen LogP) is 1.64. The molecule has 2 amide bonds. The van der Waals surface area contributed by atoms with Gasteiger partial charge in [-0.05, 0) is 29.8 Å². The lowest BCUT2D eigenvalue weighted by Crippen LogP contribution is -2.51. The van der Waals surface area contributed by atoms with Gasteiger partial charge in [-0.15, -0.1) is 0 Å². The van der Waals surface area contributed by atoms with Crippen molar-refractivity contribution in [3.63, 3.8) is 0 Å². The maximum atomic E-state index is 12.6. The van der Waals surface area contributed by atoms with Crippen molar-refractivity contribution in [1.82, 2.24) is 9.80 Å². The largest absolute Gasteiger partial charge is 0.508 e. The van der Waals surface area contributed by atoms with Gasteiger partial charge in [0, 0.05) is 37.8 Å². The van der Waals surface area contributed by atoms with Crippen LogP contribution in [-0.4, -0.2) is 72.2 Å². The number of ether oxygens (including phenoxy) is 2. The number of aromatic hydroxyl groups is 2. The zero-order valence-corrected chi connectivity index (χ0v) is 16.4. The molecule has 2 N–H and O–H groups in total. The van der Waals surface area contributed by atoms with E-state index < -0.39 is 0 Å². The highest BCUT2D eigenvalue weighted by molar-refractivity contribution is 5.95. The van der Waals surface area contributed by atoms with E-state index in [0.717, 1.165) is 5.56 Å². The van der Waals surface area contributed by atoms with Gasteiger partial charge in [-0.3, -0.25) is 9.59 Å². The van der Waals surface area contributed by atoms with Gasteiger partial charge in [0.25, 0.3) is 5.91 Å². The molecule has 0 radical (unpaired) electrons. The molecule has 154 valence electrons. The number of nitrogens with zero attached hydrogens (tertiary/aromatic N) is 2. The van der Waals surface area contributed by atoms with E-state index >= 15 is 0 Å². The van der Waals surface area contributed by atoms with Gasteiger partial charge in [0.1, 0.15) is 11.5 Å². The highest BCUT2D eigenvalue weighted by atomic mass is 16.5. The third-order valence-corrected chi connectivity index (χ3v) is 4.87. The molecule has 1 heterocycles. The summed E-state index contributed by atoms with van der Waals surface area (Å²) in [5, 5.41) is 19.1. The lowest BCUT2D eigenvalue weighted by Gasteiger charge is -2.35. The number of carbonyl (C=O) groups excluding carboxylic acids is 2. The van der Waals surface area contributed by atoms with E-state index in [9.17, 15) is 19.8 Å². The van der Waals surface area contributed by atoms with Crippen LogP contribution in [0.1, 0.15) is 15.9 Å². The molecule has 0 atom stereocenters. The van der Waals surface area contributed by atoms with Gasteiger partial charge < -0.3 is 29.5 Å². The molecule has 0 spiro atoms. The Labute approximate surface area is 168 Å². The minimum atomic E-state index is -0.289. The first-order chi connectivity index (χ1) is 13.9. The summed E-state index contributed by atoms with van der Waals surface area (Å²) in [7, 11) is 3.10. The summed E-state index contributed by atoms with van der Waals surface area (Å²) < 4.78 is 10.5. The van der Waals surface area contributed by atoms with Crippen LogP contribution in [0, 0.1) is 0 Å². The van der Waals surface area contributed by atoms with Crippen LogP contribution in [0.5, 0.6) is 23.0 Å². The predicted molar refractivity (Wildman–Crippen MR) is 106 cm³/mol. The lowest BCUT2D eigenvalue weighted by atomic mass is 10.1. The zero-order chi connectivity index (χ0) is 21.0. The van der Waals surface area contributed by atoms with E-state index in [2.05, 4.69) is 0 Å². The molecular formula is C21H24N2O6. The number of phenolic OH excluding ortho intramolecular Hbond substituents is 2. The Morgan fingerprint density at radius 3 is 2.03 bits per heavy atom. The van der Waals surface area contributed by atoms with Crippen LogP contribution in [0.2, 0.25) is 0 Å². The molecule has 2 aromatic rings. The minimum absolute atomic E-state index is 0.0284. The molecule has 1 saturated heterocycles. The number of rotatable bonds is 5. The molecule has 2 aromatic carbocycles. The van der Waals surface area contributed by atoms with Crippen molar-refractivity contribution >= 4 is 11.8 Å². The number of phenols is 2. The number of amides is 2. The van der Waals surface area contributed by atoms with Gasteiger partial charge in [-0.1, -0.05) is 6.07 Å². The maximum Gasteiger partial charge on any atom is 0.254 e. The van der Waals surface area contributed by atoms with Gasteiger partial charge in [-0.25, -0.2) is 0 Å². The molecule has 29 heavy (non-hydrogen) atoms. The fourth-order valence-electron chi connectivity index (χ4n) is 3.34. The molecule has 0 aromatic heterocycles. The fraction of sp³-hybridized carbons (Fsp3) is 0.333. The standard InChI is InChI=1S/C21H24N2O6/c1-28-18-4-3-14(9-19(18)29-2)10-20(26)22-5-7-23(8-6-22)21(27)15-11-16(24)13-17(25)12-15/h3-4,9,11-13,24-25H,5-8,10H2,1-2H3. The number of hydrogen-bond acceptors (Lipinski definition) is 6. The van der Waals surface area contributed by atoms with E-state index in [1.165, 1.54) is 18.2 Å². The van der Waals surface area contributed by atoms with Crippen molar-refractivity contribution < 1.29 is 29.3 Å². The molecule has 8 nitrogen and oxygen atoms in total. The number of methoxy groups -OCH3 is 2. The van der Waals surface area contributed by atoms with Crippen LogP contribution in [0.3, 0.4) is 0 Å².